The van der Waals surface area contributed by atoms with E-state index < -0.39 is 5.97 Å². The Labute approximate surface area is 93.8 Å². The average molecular weight is 217 g/mol. The van der Waals surface area contributed by atoms with Gasteiger partial charge in [0.25, 0.3) is 0 Å². The molecule has 0 radical (unpaired) electrons. The molecule has 0 rings (SSSR count). The summed E-state index contributed by atoms with van der Waals surface area (Å²) in [6.07, 6.45) is 2.39. The van der Waals surface area contributed by atoms with Crippen LogP contribution in [0.1, 0.15) is 47.5 Å². The Morgan fingerprint density at radius 1 is 1.07 bits per heavy atom. The summed E-state index contributed by atoms with van der Waals surface area (Å²) < 4.78 is 5.46. The normalized spacial score (nSPS) is 10.1. The summed E-state index contributed by atoms with van der Waals surface area (Å²) >= 11 is 0. The van der Waals surface area contributed by atoms with Gasteiger partial charge < -0.3 is 14.6 Å². The molecule has 0 N–H and O–H groups in total. The van der Waals surface area contributed by atoms with E-state index in [9.17, 15) is 0 Å². The van der Waals surface area contributed by atoms with Crippen molar-refractivity contribution in [3.8, 4) is 0 Å². The summed E-state index contributed by atoms with van der Waals surface area (Å²) in [5.41, 5.74) is 0. The van der Waals surface area contributed by atoms with Crippen LogP contribution in [-0.4, -0.2) is 19.2 Å². The molecule has 0 spiro atoms. The number of carboxylic acid groups (broad SMARTS) is 1. The number of aliphatic carboxylic acids is 1. The number of ether oxygens (including phenoxy) is 1. The zero-order valence-electron chi connectivity index (χ0n) is 10.7. The van der Waals surface area contributed by atoms with Crippen molar-refractivity contribution in [2.75, 3.05) is 13.2 Å². The smallest absolute Gasteiger partial charge is 0.0468 e. The highest BCUT2D eigenvalue weighted by molar-refractivity contribution is 5.60. The molecule has 0 aromatic heterocycles. The highest BCUT2D eigenvalue weighted by Gasteiger charge is 1.95. The van der Waals surface area contributed by atoms with Crippen molar-refractivity contribution >= 4 is 5.97 Å². The molecule has 0 saturated carbocycles. The lowest BCUT2D eigenvalue weighted by Crippen LogP contribution is -2.16. The molecule has 15 heavy (non-hydrogen) atoms. The first-order valence-electron chi connectivity index (χ1n) is 5.61. The van der Waals surface area contributed by atoms with Crippen molar-refractivity contribution in [2.24, 2.45) is 11.8 Å². The van der Waals surface area contributed by atoms with Crippen LogP contribution in [0.25, 0.3) is 0 Å². The zero-order valence-corrected chi connectivity index (χ0v) is 10.7. The van der Waals surface area contributed by atoms with Crippen LogP contribution in [0.15, 0.2) is 0 Å². The minimum Gasteiger partial charge on any atom is -0.550 e. The van der Waals surface area contributed by atoms with Crippen LogP contribution >= 0.6 is 0 Å². The first-order chi connectivity index (χ1) is 6.86. The fourth-order valence-electron chi connectivity index (χ4n) is 0.740. The summed E-state index contributed by atoms with van der Waals surface area (Å²) in [4.78, 5) is 8.89. The van der Waals surface area contributed by atoms with E-state index in [-0.39, 0.29) is 0 Å². The third kappa shape index (κ3) is 31.8. The van der Waals surface area contributed by atoms with Crippen LogP contribution in [0, 0.1) is 11.8 Å². The Balaban J connectivity index is 0. The number of carboxylic acids is 1. The molecule has 3 heteroatoms. The monoisotopic (exact) mass is 217 g/mol. The summed E-state index contributed by atoms with van der Waals surface area (Å²) in [5, 5.41) is 8.89. The van der Waals surface area contributed by atoms with Crippen LogP contribution in [-0.2, 0) is 9.53 Å². The molecule has 0 aromatic rings. The molecule has 92 valence electrons. The van der Waals surface area contributed by atoms with Crippen molar-refractivity contribution in [2.45, 2.75) is 47.5 Å². The first-order valence-corrected chi connectivity index (χ1v) is 5.61. The third-order valence-electron chi connectivity index (χ3n) is 1.68. The number of rotatable bonds is 6. The van der Waals surface area contributed by atoms with E-state index in [0.29, 0.717) is 0 Å². The summed E-state index contributed by atoms with van der Waals surface area (Å²) in [5.74, 6) is 0.461. The SMILES string of the molecule is CC(=O)[O-].CC(C)CCOCCC(C)C. The topological polar surface area (TPSA) is 49.4 Å². The average Bonchev–Trinajstić information content (AvgIpc) is 2.01. The van der Waals surface area contributed by atoms with Gasteiger partial charge >= 0.3 is 0 Å². The van der Waals surface area contributed by atoms with E-state index in [4.69, 9.17) is 14.6 Å². The predicted molar refractivity (Wildman–Crippen MR) is 60.4 cm³/mol. The van der Waals surface area contributed by atoms with Crippen molar-refractivity contribution in [3.63, 3.8) is 0 Å². The van der Waals surface area contributed by atoms with E-state index in [1.165, 1.54) is 12.8 Å². The lowest BCUT2D eigenvalue weighted by atomic mass is 10.1. The van der Waals surface area contributed by atoms with Gasteiger partial charge in [-0.15, -0.1) is 0 Å². The molecule has 0 fully saturated rings. The maximum atomic E-state index is 8.89. The zero-order chi connectivity index (χ0) is 12.3. The van der Waals surface area contributed by atoms with Gasteiger partial charge in [0.05, 0.1) is 0 Å². The van der Waals surface area contributed by atoms with Gasteiger partial charge in [-0.1, -0.05) is 27.7 Å². The van der Waals surface area contributed by atoms with Gasteiger partial charge in [-0.25, -0.2) is 0 Å². The maximum Gasteiger partial charge on any atom is 0.0468 e. The van der Waals surface area contributed by atoms with Crippen molar-refractivity contribution in [1.82, 2.24) is 0 Å². The Bertz CT molecular complexity index is 128. The van der Waals surface area contributed by atoms with Gasteiger partial charge in [-0.05, 0) is 31.6 Å². The maximum absolute atomic E-state index is 8.89. The van der Waals surface area contributed by atoms with Gasteiger partial charge in [0.15, 0.2) is 0 Å². The molecule has 0 unspecified atom stereocenters. The second kappa shape index (κ2) is 11.5. The minimum absolute atomic E-state index is 0.772. The van der Waals surface area contributed by atoms with Gasteiger partial charge in [0.1, 0.15) is 0 Å². The molecule has 0 aliphatic heterocycles. The lowest BCUT2D eigenvalue weighted by Gasteiger charge is -2.07. The molecule has 0 bridgehead atoms. The second-order valence-electron chi connectivity index (χ2n) is 4.47. The van der Waals surface area contributed by atoms with Gasteiger partial charge in [-0.3, -0.25) is 0 Å². The summed E-state index contributed by atoms with van der Waals surface area (Å²) in [7, 11) is 0. The Kier molecular flexibility index (Phi) is 12.9. The molecule has 0 aliphatic rings. The summed E-state index contributed by atoms with van der Waals surface area (Å²) in [6, 6.07) is 0. The predicted octanol–water partition coefficient (Wildman–Crippen LogP) is 1.85. The molecular weight excluding hydrogens is 192 g/mol. The number of carbonyl (C=O) groups is 1. The third-order valence-corrected chi connectivity index (χ3v) is 1.68. The van der Waals surface area contributed by atoms with Crippen LogP contribution in [0.4, 0.5) is 0 Å². The van der Waals surface area contributed by atoms with E-state index >= 15 is 0 Å². The van der Waals surface area contributed by atoms with E-state index in [2.05, 4.69) is 27.7 Å². The quantitative estimate of drug-likeness (QED) is 0.638. The van der Waals surface area contributed by atoms with Crippen molar-refractivity contribution < 1.29 is 14.6 Å². The fourth-order valence-corrected chi connectivity index (χ4v) is 0.740. The Morgan fingerprint density at radius 3 is 1.53 bits per heavy atom. The second-order valence-corrected chi connectivity index (χ2v) is 4.47. The molecule has 0 aromatic carbocycles. The Morgan fingerprint density at radius 2 is 1.33 bits per heavy atom. The molecule has 0 aliphatic carbocycles. The Hall–Kier alpha value is -0.570. The molecule has 0 saturated heterocycles. The molecule has 3 nitrogen and oxygen atoms in total. The van der Waals surface area contributed by atoms with Crippen molar-refractivity contribution in [3.05, 3.63) is 0 Å². The minimum atomic E-state index is -1.08. The fraction of sp³-hybridized carbons (Fsp3) is 0.917. The standard InChI is InChI=1S/C10H22O.C2H4O2/c1-9(2)5-7-11-8-6-10(3)4;1-2(3)4/h9-10H,5-8H2,1-4H3;1H3,(H,3,4)/p-1. The van der Waals surface area contributed by atoms with Crippen LogP contribution in [0.2, 0.25) is 0 Å². The van der Waals surface area contributed by atoms with Gasteiger partial charge in [0.2, 0.25) is 0 Å². The van der Waals surface area contributed by atoms with Crippen LogP contribution in [0.5, 0.6) is 0 Å². The number of carbonyl (C=O) groups excluding carboxylic acids is 1. The molecule has 0 atom stereocenters. The lowest BCUT2D eigenvalue weighted by molar-refractivity contribution is -0.302. The summed E-state index contributed by atoms with van der Waals surface area (Å²) in [6.45, 7) is 11.8. The number of hydrogen-bond donors (Lipinski definition) is 0. The van der Waals surface area contributed by atoms with E-state index in [1.807, 2.05) is 0 Å². The first kappa shape index (κ1) is 16.8. The van der Waals surface area contributed by atoms with Crippen LogP contribution in [0.3, 0.4) is 0 Å². The molecule has 0 heterocycles. The highest BCUT2D eigenvalue weighted by Crippen LogP contribution is 2.02. The number of hydrogen-bond acceptors (Lipinski definition) is 3. The molecule has 0 amide bonds. The largest absolute Gasteiger partial charge is 0.550 e. The van der Waals surface area contributed by atoms with Gasteiger partial charge in [-0.2, -0.15) is 0 Å². The van der Waals surface area contributed by atoms with E-state index in [1.54, 1.807) is 0 Å². The van der Waals surface area contributed by atoms with Crippen LogP contribution < -0.4 is 5.11 Å². The van der Waals surface area contributed by atoms with Gasteiger partial charge in [0, 0.05) is 19.2 Å². The molecular formula is C12H25O3-. The van der Waals surface area contributed by atoms with E-state index in [0.717, 1.165) is 32.0 Å². The van der Waals surface area contributed by atoms with Crippen molar-refractivity contribution in [1.29, 1.82) is 0 Å². The highest BCUT2D eigenvalue weighted by atomic mass is 16.5.